The molecule has 3 N–H and O–H groups in total. The van der Waals surface area contributed by atoms with Crippen LogP contribution < -0.4 is 10.9 Å². The number of amides is 2. The molecule has 0 aliphatic heterocycles. The fourth-order valence-electron chi connectivity index (χ4n) is 1.78. The largest absolute Gasteiger partial charge is 0.478 e. The van der Waals surface area contributed by atoms with E-state index in [1.165, 1.54) is 0 Å². The number of nitrogens with one attached hydrogen (secondary N) is 2. The lowest BCUT2D eigenvalue weighted by molar-refractivity contribution is -0.131. The molecular weight excluding hydrogens is 224 g/mol. The van der Waals surface area contributed by atoms with E-state index in [9.17, 15) is 14.4 Å². The summed E-state index contributed by atoms with van der Waals surface area (Å²) in [4.78, 5) is 32.8. The molecule has 1 saturated carbocycles. The van der Waals surface area contributed by atoms with Gasteiger partial charge in [-0.15, -0.1) is 0 Å². The fourth-order valence-corrected chi connectivity index (χ4v) is 1.78. The van der Waals surface area contributed by atoms with Gasteiger partial charge in [0.1, 0.15) is 0 Å². The predicted octanol–water partition coefficient (Wildman–Crippen LogP) is 0.355. The topological polar surface area (TPSA) is 95.5 Å². The Morgan fingerprint density at radius 3 is 2.24 bits per heavy atom. The number of aliphatic carboxylic acids is 1. The van der Waals surface area contributed by atoms with Crippen molar-refractivity contribution in [1.29, 1.82) is 0 Å². The molecular formula is C11H16N2O4. The maximum Gasteiger partial charge on any atom is 0.328 e. The van der Waals surface area contributed by atoms with Crippen molar-refractivity contribution in [3.05, 3.63) is 12.2 Å². The third-order valence-electron chi connectivity index (χ3n) is 2.66. The van der Waals surface area contributed by atoms with E-state index < -0.39 is 11.9 Å². The van der Waals surface area contributed by atoms with Crippen LogP contribution in [-0.2, 0) is 14.4 Å². The summed E-state index contributed by atoms with van der Waals surface area (Å²) in [7, 11) is 0. The highest BCUT2D eigenvalue weighted by atomic mass is 16.4. The number of rotatable bonds is 3. The quantitative estimate of drug-likeness (QED) is 0.490. The Balaban J connectivity index is 2.27. The van der Waals surface area contributed by atoms with E-state index in [0.29, 0.717) is 6.08 Å². The number of hydrazine groups is 1. The van der Waals surface area contributed by atoms with Crippen LogP contribution in [0.3, 0.4) is 0 Å². The Labute approximate surface area is 99.0 Å². The summed E-state index contributed by atoms with van der Waals surface area (Å²) in [5.74, 6) is -2.12. The summed E-state index contributed by atoms with van der Waals surface area (Å²) in [5.41, 5.74) is 4.44. The van der Waals surface area contributed by atoms with Gasteiger partial charge >= 0.3 is 5.97 Å². The van der Waals surface area contributed by atoms with E-state index in [1.807, 2.05) is 0 Å². The molecule has 1 aliphatic rings. The maximum atomic E-state index is 11.6. The van der Waals surface area contributed by atoms with Crippen LogP contribution in [0.1, 0.15) is 32.1 Å². The van der Waals surface area contributed by atoms with Gasteiger partial charge in [-0.05, 0) is 12.8 Å². The molecule has 0 heterocycles. The monoisotopic (exact) mass is 240 g/mol. The van der Waals surface area contributed by atoms with Gasteiger partial charge in [0.2, 0.25) is 5.91 Å². The van der Waals surface area contributed by atoms with Crippen molar-refractivity contribution in [2.45, 2.75) is 32.1 Å². The minimum absolute atomic E-state index is 0.0486. The first-order chi connectivity index (χ1) is 8.09. The lowest BCUT2D eigenvalue weighted by atomic mass is 9.89. The first-order valence-electron chi connectivity index (χ1n) is 5.60. The fraction of sp³-hybridized carbons (Fsp3) is 0.545. The molecule has 1 rings (SSSR count). The van der Waals surface area contributed by atoms with Gasteiger partial charge in [-0.2, -0.15) is 0 Å². The lowest BCUT2D eigenvalue weighted by Crippen LogP contribution is -2.44. The summed E-state index contributed by atoms with van der Waals surface area (Å²) >= 11 is 0. The van der Waals surface area contributed by atoms with Crippen LogP contribution in [0, 0.1) is 5.92 Å². The van der Waals surface area contributed by atoms with Gasteiger partial charge in [0.25, 0.3) is 5.91 Å². The Morgan fingerprint density at radius 1 is 1.00 bits per heavy atom. The molecule has 0 saturated heterocycles. The van der Waals surface area contributed by atoms with Gasteiger partial charge in [-0.3, -0.25) is 20.4 Å². The minimum Gasteiger partial charge on any atom is -0.478 e. The molecule has 6 nitrogen and oxygen atoms in total. The van der Waals surface area contributed by atoms with Crippen LogP contribution in [0.15, 0.2) is 12.2 Å². The SMILES string of the molecule is O=C(O)C=CC(=O)NNC(=O)C1CCCCC1. The molecule has 0 unspecified atom stereocenters. The van der Waals surface area contributed by atoms with Gasteiger partial charge < -0.3 is 5.11 Å². The van der Waals surface area contributed by atoms with Crippen molar-refractivity contribution in [3.63, 3.8) is 0 Å². The second-order valence-corrected chi connectivity index (χ2v) is 3.99. The molecule has 0 radical (unpaired) electrons. The zero-order valence-corrected chi connectivity index (χ0v) is 9.44. The summed E-state index contributed by atoms with van der Waals surface area (Å²) < 4.78 is 0. The van der Waals surface area contributed by atoms with Crippen LogP contribution in [-0.4, -0.2) is 22.9 Å². The maximum absolute atomic E-state index is 11.6. The lowest BCUT2D eigenvalue weighted by Gasteiger charge is -2.20. The first kappa shape index (κ1) is 13.2. The van der Waals surface area contributed by atoms with Gasteiger partial charge in [0.15, 0.2) is 0 Å². The molecule has 0 aromatic carbocycles. The van der Waals surface area contributed by atoms with Crippen molar-refractivity contribution < 1.29 is 19.5 Å². The second kappa shape index (κ2) is 6.67. The minimum atomic E-state index is -1.21. The molecule has 17 heavy (non-hydrogen) atoms. The van der Waals surface area contributed by atoms with Crippen LogP contribution in [0.2, 0.25) is 0 Å². The van der Waals surface area contributed by atoms with Crippen LogP contribution in [0.5, 0.6) is 0 Å². The van der Waals surface area contributed by atoms with Gasteiger partial charge in [-0.25, -0.2) is 4.79 Å². The van der Waals surface area contributed by atoms with E-state index in [1.54, 1.807) is 0 Å². The normalized spacial score (nSPS) is 16.7. The first-order valence-corrected chi connectivity index (χ1v) is 5.60. The molecule has 1 aliphatic carbocycles. The van der Waals surface area contributed by atoms with E-state index in [2.05, 4.69) is 10.9 Å². The molecule has 0 atom stereocenters. The van der Waals surface area contributed by atoms with Gasteiger partial charge in [-0.1, -0.05) is 19.3 Å². The molecule has 2 amide bonds. The highest BCUT2D eigenvalue weighted by Crippen LogP contribution is 2.23. The van der Waals surface area contributed by atoms with E-state index in [-0.39, 0.29) is 11.8 Å². The number of carbonyl (C=O) groups excluding carboxylic acids is 2. The Bertz CT molecular complexity index is 332. The zero-order valence-electron chi connectivity index (χ0n) is 9.44. The van der Waals surface area contributed by atoms with Crippen molar-refractivity contribution >= 4 is 17.8 Å². The van der Waals surface area contributed by atoms with Crippen LogP contribution in [0.25, 0.3) is 0 Å². The number of hydrogen-bond donors (Lipinski definition) is 3. The predicted molar refractivity (Wildman–Crippen MR) is 59.6 cm³/mol. The molecule has 0 spiro atoms. The van der Waals surface area contributed by atoms with Gasteiger partial charge in [0.05, 0.1) is 0 Å². The third kappa shape index (κ3) is 5.14. The number of hydrogen-bond acceptors (Lipinski definition) is 3. The average Bonchev–Trinajstić information content (AvgIpc) is 2.34. The highest BCUT2D eigenvalue weighted by molar-refractivity contribution is 5.94. The third-order valence-corrected chi connectivity index (χ3v) is 2.66. The summed E-state index contributed by atoms with van der Waals surface area (Å²) in [6.07, 6.45) is 6.46. The van der Waals surface area contributed by atoms with E-state index in [0.717, 1.165) is 38.2 Å². The van der Waals surface area contributed by atoms with Crippen molar-refractivity contribution in [2.75, 3.05) is 0 Å². The number of carboxylic acids is 1. The molecule has 6 heteroatoms. The smallest absolute Gasteiger partial charge is 0.328 e. The second-order valence-electron chi connectivity index (χ2n) is 3.99. The van der Waals surface area contributed by atoms with Crippen LogP contribution >= 0.6 is 0 Å². The molecule has 94 valence electrons. The zero-order chi connectivity index (χ0) is 12.7. The molecule has 0 bridgehead atoms. The average molecular weight is 240 g/mol. The molecule has 0 aromatic rings. The highest BCUT2D eigenvalue weighted by Gasteiger charge is 2.20. The van der Waals surface area contributed by atoms with Crippen molar-refractivity contribution in [3.8, 4) is 0 Å². The van der Waals surface area contributed by atoms with Gasteiger partial charge in [0, 0.05) is 18.1 Å². The summed E-state index contributed by atoms with van der Waals surface area (Å²) in [6, 6.07) is 0. The van der Waals surface area contributed by atoms with Crippen molar-refractivity contribution in [2.24, 2.45) is 5.92 Å². The standard InChI is InChI=1S/C11H16N2O4/c14-9(6-7-10(15)16)12-13-11(17)8-4-2-1-3-5-8/h6-8H,1-5H2,(H,12,14)(H,13,17)(H,15,16). The van der Waals surface area contributed by atoms with E-state index >= 15 is 0 Å². The Morgan fingerprint density at radius 2 is 1.65 bits per heavy atom. The summed E-state index contributed by atoms with van der Waals surface area (Å²) in [6.45, 7) is 0. The number of carboxylic acid groups (broad SMARTS) is 1. The Hall–Kier alpha value is -1.85. The number of carbonyl (C=O) groups is 3. The van der Waals surface area contributed by atoms with Crippen molar-refractivity contribution in [1.82, 2.24) is 10.9 Å². The molecule has 1 fully saturated rings. The van der Waals surface area contributed by atoms with Crippen LogP contribution in [0.4, 0.5) is 0 Å². The molecule has 0 aromatic heterocycles. The summed E-state index contributed by atoms with van der Waals surface area (Å²) in [5, 5.41) is 8.29. The van der Waals surface area contributed by atoms with E-state index in [4.69, 9.17) is 5.11 Å². The Kier molecular flexibility index (Phi) is 5.19.